The summed E-state index contributed by atoms with van der Waals surface area (Å²) in [4.78, 5) is 0. The van der Waals surface area contributed by atoms with E-state index in [4.69, 9.17) is 0 Å². The molecule has 0 radical (unpaired) electrons. The van der Waals surface area contributed by atoms with Crippen molar-refractivity contribution < 1.29 is 5.11 Å². The first kappa shape index (κ1) is 9.22. The van der Waals surface area contributed by atoms with Gasteiger partial charge in [-0.3, -0.25) is 0 Å². The molecule has 2 nitrogen and oxygen atoms in total. The summed E-state index contributed by atoms with van der Waals surface area (Å²) in [6, 6.07) is 1.13. The molecule has 74 valence electrons. The number of fused-ring (bicyclic) bond motifs is 2. The predicted octanol–water partition coefficient (Wildman–Crippen LogP) is 1.60. The van der Waals surface area contributed by atoms with E-state index in [1.165, 1.54) is 24.8 Å². The highest BCUT2D eigenvalue weighted by Gasteiger charge is 2.34. The molecule has 0 aliphatic carbocycles. The van der Waals surface area contributed by atoms with Crippen molar-refractivity contribution in [3.05, 3.63) is 11.6 Å². The van der Waals surface area contributed by atoms with Crippen molar-refractivity contribution in [3.8, 4) is 0 Å². The van der Waals surface area contributed by atoms with E-state index in [9.17, 15) is 5.11 Å². The minimum Gasteiger partial charge on any atom is -0.386 e. The highest BCUT2D eigenvalue weighted by Crippen LogP contribution is 2.31. The highest BCUT2D eigenvalue weighted by molar-refractivity contribution is 5.24. The van der Waals surface area contributed by atoms with Gasteiger partial charge in [0.05, 0.1) is 5.60 Å². The molecule has 2 heteroatoms. The van der Waals surface area contributed by atoms with Crippen LogP contribution in [0.1, 0.15) is 39.5 Å². The Morgan fingerprint density at radius 1 is 1.38 bits per heavy atom. The molecular formula is C11H19NO. The van der Waals surface area contributed by atoms with E-state index in [1.54, 1.807) is 0 Å². The van der Waals surface area contributed by atoms with Crippen LogP contribution in [0.2, 0.25) is 0 Å². The summed E-state index contributed by atoms with van der Waals surface area (Å²) >= 11 is 0. The highest BCUT2D eigenvalue weighted by atomic mass is 16.3. The molecule has 0 aromatic rings. The van der Waals surface area contributed by atoms with Crippen molar-refractivity contribution in [1.82, 2.24) is 5.32 Å². The standard InChI is InChI=1S/C11H19NO/c1-11(2,13)9-5-3-4-8-6-7-10(9)12-8/h5,8,10,12-13H,3-4,6-7H2,1-2H3/t8-,10-/m1/s1. The average molecular weight is 181 g/mol. The Labute approximate surface area is 80.0 Å². The fraction of sp³-hybridized carbons (Fsp3) is 0.818. The molecule has 2 N–H and O–H groups in total. The third kappa shape index (κ3) is 1.79. The van der Waals surface area contributed by atoms with E-state index >= 15 is 0 Å². The molecule has 0 saturated carbocycles. The minimum atomic E-state index is -0.642. The van der Waals surface area contributed by atoms with Crippen molar-refractivity contribution in [1.29, 1.82) is 0 Å². The van der Waals surface area contributed by atoms with Gasteiger partial charge in [0, 0.05) is 12.1 Å². The second-order valence-electron chi connectivity index (χ2n) is 4.79. The zero-order chi connectivity index (χ0) is 9.47. The minimum absolute atomic E-state index is 0.437. The first-order valence-electron chi connectivity index (χ1n) is 5.26. The molecule has 13 heavy (non-hydrogen) atoms. The van der Waals surface area contributed by atoms with Gasteiger partial charge in [0.25, 0.3) is 0 Å². The SMILES string of the molecule is CC(C)(O)C1=CCC[C@@H]2CC[C@H]1N2. The lowest BCUT2D eigenvalue weighted by Crippen LogP contribution is -2.37. The Hall–Kier alpha value is -0.340. The van der Waals surface area contributed by atoms with Gasteiger partial charge in [-0.1, -0.05) is 6.08 Å². The van der Waals surface area contributed by atoms with Gasteiger partial charge in [-0.15, -0.1) is 0 Å². The lowest BCUT2D eigenvalue weighted by atomic mass is 9.88. The lowest BCUT2D eigenvalue weighted by Gasteiger charge is -2.26. The number of nitrogens with one attached hydrogen (secondary N) is 1. The number of aliphatic hydroxyl groups is 1. The van der Waals surface area contributed by atoms with Gasteiger partial charge < -0.3 is 10.4 Å². The van der Waals surface area contributed by atoms with Crippen LogP contribution in [0.15, 0.2) is 11.6 Å². The number of allylic oxidation sites excluding steroid dienone is 1. The molecule has 0 unspecified atom stereocenters. The summed E-state index contributed by atoms with van der Waals surface area (Å²) in [7, 11) is 0. The lowest BCUT2D eigenvalue weighted by molar-refractivity contribution is 0.111. The summed E-state index contributed by atoms with van der Waals surface area (Å²) in [5.41, 5.74) is 0.559. The third-order valence-electron chi connectivity index (χ3n) is 3.20. The molecule has 0 spiro atoms. The van der Waals surface area contributed by atoms with Gasteiger partial charge in [0.2, 0.25) is 0 Å². The van der Waals surface area contributed by atoms with Gasteiger partial charge in [-0.05, 0) is 45.1 Å². The second-order valence-corrected chi connectivity index (χ2v) is 4.79. The normalized spacial score (nSPS) is 34.2. The molecule has 0 aromatic heterocycles. The van der Waals surface area contributed by atoms with Crippen LogP contribution in [0, 0.1) is 0 Å². The second kappa shape index (κ2) is 3.10. The first-order valence-corrected chi connectivity index (χ1v) is 5.26. The topological polar surface area (TPSA) is 32.3 Å². The zero-order valence-corrected chi connectivity index (χ0v) is 8.51. The average Bonchev–Trinajstić information content (AvgIpc) is 2.27. The van der Waals surface area contributed by atoms with Crippen LogP contribution >= 0.6 is 0 Å². The summed E-state index contributed by atoms with van der Waals surface area (Å²) in [5, 5.41) is 13.6. The Morgan fingerprint density at radius 2 is 2.15 bits per heavy atom. The van der Waals surface area contributed by atoms with Crippen molar-refractivity contribution in [2.75, 3.05) is 0 Å². The van der Waals surface area contributed by atoms with Gasteiger partial charge in [0.15, 0.2) is 0 Å². The van der Waals surface area contributed by atoms with Crippen LogP contribution < -0.4 is 5.32 Å². The van der Waals surface area contributed by atoms with Crippen LogP contribution in [0.3, 0.4) is 0 Å². The Kier molecular flexibility index (Phi) is 2.20. The summed E-state index contributed by atoms with van der Waals surface area (Å²) in [6.45, 7) is 3.78. The van der Waals surface area contributed by atoms with E-state index in [0.29, 0.717) is 12.1 Å². The van der Waals surface area contributed by atoms with Crippen molar-refractivity contribution >= 4 is 0 Å². The zero-order valence-electron chi connectivity index (χ0n) is 8.51. The number of rotatable bonds is 1. The van der Waals surface area contributed by atoms with Gasteiger partial charge >= 0.3 is 0 Å². The maximum absolute atomic E-state index is 9.98. The van der Waals surface area contributed by atoms with E-state index in [1.807, 2.05) is 13.8 Å². The molecule has 2 aliphatic rings. The van der Waals surface area contributed by atoms with Crippen LogP contribution in [0.25, 0.3) is 0 Å². The predicted molar refractivity (Wildman–Crippen MR) is 53.6 cm³/mol. The van der Waals surface area contributed by atoms with E-state index < -0.39 is 5.60 Å². The van der Waals surface area contributed by atoms with Crippen LogP contribution in [-0.2, 0) is 0 Å². The molecule has 2 heterocycles. The van der Waals surface area contributed by atoms with E-state index in [2.05, 4.69) is 11.4 Å². The van der Waals surface area contributed by atoms with Crippen molar-refractivity contribution in [2.45, 2.75) is 57.2 Å². The molecule has 0 amide bonds. The first-order chi connectivity index (χ1) is 6.07. The molecule has 2 atom stereocenters. The monoisotopic (exact) mass is 181 g/mol. The van der Waals surface area contributed by atoms with Crippen LogP contribution in [0.4, 0.5) is 0 Å². The van der Waals surface area contributed by atoms with Crippen LogP contribution in [0.5, 0.6) is 0 Å². The summed E-state index contributed by atoms with van der Waals surface area (Å²) in [5.74, 6) is 0. The quantitative estimate of drug-likeness (QED) is 0.602. The summed E-state index contributed by atoms with van der Waals surface area (Å²) < 4.78 is 0. The fourth-order valence-corrected chi connectivity index (χ4v) is 2.55. The molecule has 1 fully saturated rings. The van der Waals surface area contributed by atoms with E-state index in [0.717, 1.165) is 6.42 Å². The smallest absolute Gasteiger partial charge is 0.0815 e. The molecule has 2 aliphatic heterocycles. The Bertz CT molecular complexity index is 227. The van der Waals surface area contributed by atoms with Gasteiger partial charge in [0.1, 0.15) is 0 Å². The third-order valence-corrected chi connectivity index (χ3v) is 3.20. The Morgan fingerprint density at radius 3 is 2.85 bits per heavy atom. The Balaban J connectivity index is 2.21. The molecule has 0 aromatic carbocycles. The van der Waals surface area contributed by atoms with Crippen molar-refractivity contribution in [2.24, 2.45) is 0 Å². The van der Waals surface area contributed by atoms with Crippen molar-refractivity contribution in [3.63, 3.8) is 0 Å². The number of hydrogen-bond acceptors (Lipinski definition) is 2. The maximum atomic E-state index is 9.98. The largest absolute Gasteiger partial charge is 0.386 e. The fourth-order valence-electron chi connectivity index (χ4n) is 2.55. The number of hydrogen-bond donors (Lipinski definition) is 2. The molecular weight excluding hydrogens is 162 g/mol. The molecule has 2 rings (SSSR count). The van der Waals surface area contributed by atoms with Crippen LogP contribution in [-0.4, -0.2) is 22.8 Å². The van der Waals surface area contributed by atoms with Gasteiger partial charge in [-0.25, -0.2) is 0 Å². The van der Waals surface area contributed by atoms with Gasteiger partial charge in [-0.2, -0.15) is 0 Å². The maximum Gasteiger partial charge on any atom is 0.0815 e. The summed E-state index contributed by atoms with van der Waals surface area (Å²) in [6.07, 6.45) is 7.05. The van der Waals surface area contributed by atoms with E-state index in [-0.39, 0.29) is 0 Å². The molecule has 2 bridgehead atoms. The molecule has 1 saturated heterocycles.